The fraction of sp³-hybridized carbons (Fsp3) is 0.643. The minimum Gasteiger partial charge on any atom is -0.463 e. The van der Waals surface area contributed by atoms with Crippen molar-refractivity contribution < 1.29 is 14.0 Å². The van der Waals surface area contributed by atoms with E-state index in [1.165, 1.54) is 32.1 Å². The summed E-state index contributed by atoms with van der Waals surface area (Å²) in [6.45, 7) is 3.88. The SMILES string of the molecule is CN(CCCN1C(=O)c2ccc(-c3ccco3)n2C[C@@]1(C)C(=O)NC1CCCC1)C1CCCCC1. The summed E-state index contributed by atoms with van der Waals surface area (Å²) in [6.07, 6.45) is 13.4. The summed E-state index contributed by atoms with van der Waals surface area (Å²) in [7, 11) is 2.21. The van der Waals surface area contributed by atoms with Crippen molar-refractivity contribution in [2.24, 2.45) is 0 Å². The Morgan fingerprint density at radius 2 is 1.80 bits per heavy atom. The Labute approximate surface area is 208 Å². The number of nitrogens with zero attached hydrogens (tertiary/aromatic N) is 3. The van der Waals surface area contributed by atoms with Gasteiger partial charge in [0.05, 0.1) is 18.5 Å². The summed E-state index contributed by atoms with van der Waals surface area (Å²) in [5.41, 5.74) is 0.522. The van der Waals surface area contributed by atoms with E-state index in [9.17, 15) is 9.59 Å². The zero-order valence-electron chi connectivity index (χ0n) is 21.3. The standard InChI is InChI=1S/C28H40N4O3/c1-28(27(34)29-21-10-6-7-11-21)20-31-23(25-14-8-19-35-25)15-16-24(31)26(33)32(28)18-9-17-30(2)22-12-4-3-5-13-22/h8,14-16,19,21-22H,3-7,9-13,17-18,20H2,1-2H3,(H,29,34)/t28-/m0/s1. The van der Waals surface area contributed by atoms with Crippen LogP contribution in [0.1, 0.15) is 81.6 Å². The van der Waals surface area contributed by atoms with Crippen molar-refractivity contribution in [3.8, 4) is 11.5 Å². The molecule has 3 heterocycles. The van der Waals surface area contributed by atoms with Crippen molar-refractivity contribution in [2.75, 3.05) is 20.1 Å². The van der Waals surface area contributed by atoms with Crippen LogP contribution in [0.25, 0.3) is 11.5 Å². The number of furan rings is 1. The molecule has 0 unspecified atom stereocenters. The Kier molecular flexibility index (Phi) is 7.05. The van der Waals surface area contributed by atoms with Gasteiger partial charge < -0.3 is 24.1 Å². The molecule has 35 heavy (non-hydrogen) atoms. The summed E-state index contributed by atoms with van der Waals surface area (Å²) in [6, 6.07) is 8.41. The fourth-order valence-corrected chi connectivity index (χ4v) is 6.36. The summed E-state index contributed by atoms with van der Waals surface area (Å²) in [4.78, 5) is 31.9. The van der Waals surface area contributed by atoms with E-state index >= 15 is 0 Å². The molecule has 1 aliphatic heterocycles. The topological polar surface area (TPSA) is 70.7 Å². The lowest BCUT2D eigenvalue weighted by molar-refractivity contribution is -0.133. The van der Waals surface area contributed by atoms with Crippen molar-refractivity contribution in [1.82, 2.24) is 19.7 Å². The first kappa shape index (κ1) is 24.2. The van der Waals surface area contributed by atoms with Gasteiger partial charge in [0.25, 0.3) is 5.91 Å². The van der Waals surface area contributed by atoms with E-state index in [0.29, 0.717) is 30.6 Å². The van der Waals surface area contributed by atoms with Crippen LogP contribution in [0.3, 0.4) is 0 Å². The summed E-state index contributed by atoms with van der Waals surface area (Å²) >= 11 is 0. The highest BCUT2D eigenvalue weighted by atomic mass is 16.3. The third-order valence-corrected chi connectivity index (χ3v) is 8.55. The molecule has 2 aromatic heterocycles. The minimum absolute atomic E-state index is 0.0388. The second-order valence-electron chi connectivity index (χ2n) is 11.0. The predicted molar refractivity (Wildman–Crippen MR) is 136 cm³/mol. The van der Waals surface area contributed by atoms with Gasteiger partial charge in [-0.25, -0.2) is 0 Å². The Hall–Kier alpha value is -2.54. The van der Waals surface area contributed by atoms with Crippen LogP contribution in [0, 0.1) is 0 Å². The quantitative estimate of drug-likeness (QED) is 0.596. The average molecular weight is 481 g/mol. The van der Waals surface area contributed by atoms with Gasteiger partial charge in [0.1, 0.15) is 17.0 Å². The molecular formula is C28H40N4O3. The van der Waals surface area contributed by atoms with Crippen LogP contribution in [0.4, 0.5) is 0 Å². The first-order valence-corrected chi connectivity index (χ1v) is 13.5. The van der Waals surface area contributed by atoms with Gasteiger partial charge in [-0.05, 0) is 76.9 Å². The Morgan fingerprint density at radius 3 is 2.51 bits per heavy atom. The molecule has 0 saturated heterocycles. The van der Waals surface area contributed by atoms with Crippen molar-refractivity contribution in [3.63, 3.8) is 0 Å². The van der Waals surface area contributed by atoms with Gasteiger partial charge in [0, 0.05) is 18.6 Å². The van der Waals surface area contributed by atoms with Gasteiger partial charge in [-0.3, -0.25) is 9.59 Å². The molecule has 0 radical (unpaired) electrons. The smallest absolute Gasteiger partial charge is 0.271 e. The highest BCUT2D eigenvalue weighted by molar-refractivity contribution is 6.00. The van der Waals surface area contributed by atoms with Gasteiger partial charge in [0.2, 0.25) is 5.91 Å². The molecule has 2 fully saturated rings. The first-order chi connectivity index (χ1) is 17.0. The van der Waals surface area contributed by atoms with Gasteiger partial charge >= 0.3 is 0 Å². The summed E-state index contributed by atoms with van der Waals surface area (Å²) in [5, 5.41) is 3.29. The van der Waals surface area contributed by atoms with Crippen LogP contribution >= 0.6 is 0 Å². The lowest BCUT2D eigenvalue weighted by Gasteiger charge is -2.45. The van der Waals surface area contributed by atoms with Crippen molar-refractivity contribution >= 4 is 11.8 Å². The minimum atomic E-state index is -0.948. The van der Waals surface area contributed by atoms with Crippen molar-refractivity contribution in [2.45, 2.75) is 95.3 Å². The van der Waals surface area contributed by atoms with Crippen LogP contribution in [-0.4, -0.2) is 63.9 Å². The Balaban J connectivity index is 1.37. The molecule has 1 atom stereocenters. The molecule has 0 spiro atoms. The maximum atomic E-state index is 13.8. The summed E-state index contributed by atoms with van der Waals surface area (Å²) in [5.74, 6) is 0.603. The summed E-state index contributed by atoms with van der Waals surface area (Å²) < 4.78 is 7.61. The maximum absolute atomic E-state index is 13.8. The molecule has 1 N–H and O–H groups in total. The van der Waals surface area contributed by atoms with E-state index in [4.69, 9.17) is 4.42 Å². The number of carbonyl (C=O) groups excluding carboxylic acids is 2. The number of aromatic nitrogens is 1. The van der Waals surface area contributed by atoms with Crippen molar-refractivity contribution in [3.05, 3.63) is 36.2 Å². The van der Waals surface area contributed by atoms with Gasteiger partial charge in [-0.1, -0.05) is 32.1 Å². The zero-order chi connectivity index (χ0) is 24.4. The molecule has 7 nitrogen and oxygen atoms in total. The predicted octanol–water partition coefficient (Wildman–Crippen LogP) is 4.68. The number of nitrogens with one attached hydrogen (secondary N) is 1. The number of carbonyl (C=O) groups is 2. The van der Waals surface area contributed by atoms with Gasteiger partial charge in [-0.2, -0.15) is 0 Å². The molecule has 3 aliphatic rings. The molecule has 2 amide bonds. The van der Waals surface area contributed by atoms with Gasteiger partial charge in [0.15, 0.2) is 0 Å². The van der Waals surface area contributed by atoms with Crippen LogP contribution in [0.15, 0.2) is 34.9 Å². The number of hydrogen-bond acceptors (Lipinski definition) is 4. The van der Waals surface area contributed by atoms with Crippen LogP contribution in [-0.2, 0) is 11.3 Å². The monoisotopic (exact) mass is 480 g/mol. The lowest BCUT2D eigenvalue weighted by Crippen LogP contribution is -2.65. The molecule has 5 rings (SSSR count). The number of amides is 2. The van der Waals surface area contributed by atoms with Crippen molar-refractivity contribution in [1.29, 1.82) is 0 Å². The first-order valence-electron chi connectivity index (χ1n) is 13.5. The Morgan fingerprint density at radius 1 is 1.09 bits per heavy atom. The van der Waals surface area contributed by atoms with E-state index in [1.54, 1.807) is 6.26 Å². The van der Waals surface area contributed by atoms with Crippen LogP contribution in [0.5, 0.6) is 0 Å². The second-order valence-corrected chi connectivity index (χ2v) is 11.0. The fourth-order valence-electron chi connectivity index (χ4n) is 6.36. The van der Waals surface area contributed by atoms with E-state index in [1.807, 2.05) is 40.7 Å². The lowest BCUT2D eigenvalue weighted by atomic mass is 9.93. The average Bonchev–Trinajstić information content (AvgIpc) is 3.63. The van der Waals surface area contributed by atoms with E-state index in [-0.39, 0.29) is 17.9 Å². The third kappa shape index (κ3) is 4.80. The normalized spacial score (nSPS) is 23.7. The largest absolute Gasteiger partial charge is 0.463 e. The molecule has 190 valence electrons. The molecule has 2 aliphatic carbocycles. The van der Waals surface area contributed by atoms with E-state index in [0.717, 1.165) is 44.3 Å². The third-order valence-electron chi connectivity index (χ3n) is 8.55. The number of fused-ring (bicyclic) bond motifs is 1. The molecule has 7 heteroatoms. The molecule has 0 aromatic carbocycles. The maximum Gasteiger partial charge on any atom is 0.271 e. The van der Waals surface area contributed by atoms with E-state index in [2.05, 4.69) is 17.3 Å². The number of hydrogen-bond donors (Lipinski definition) is 1. The molecule has 2 aromatic rings. The number of rotatable bonds is 8. The van der Waals surface area contributed by atoms with Gasteiger partial charge in [-0.15, -0.1) is 0 Å². The highest BCUT2D eigenvalue weighted by Crippen LogP contribution is 2.34. The highest BCUT2D eigenvalue weighted by Gasteiger charge is 2.48. The van der Waals surface area contributed by atoms with E-state index < -0.39 is 5.54 Å². The molecular weight excluding hydrogens is 440 g/mol. The molecule has 0 bridgehead atoms. The Bertz CT molecular complexity index is 1020. The second kappa shape index (κ2) is 10.2. The van der Waals surface area contributed by atoms with Crippen LogP contribution < -0.4 is 5.32 Å². The zero-order valence-corrected chi connectivity index (χ0v) is 21.3. The van der Waals surface area contributed by atoms with Crippen LogP contribution in [0.2, 0.25) is 0 Å². The molecule has 2 saturated carbocycles.